The van der Waals surface area contributed by atoms with Gasteiger partial charge in [0.25, 0.3) is 11.7 Å². The van der Waals surface area contributed by atoms with Crippen LogP contribution in [0.25, 0.3) is 0 Å². The second-order valence-corrected chi connectivity index (χ2v) is 19.8. The summed E-state index contributed by atoms with van der Waals surface area (Å²) in [6, 6.07) is -1.11. The lowest BCUT2D eigenvalue weighted by atomic mass is 9.80. The fraction of sp³-hybridized carbons (Fsp3) is 0.745. The molecule has 2 saturated heterocycles. The molecule has 13 heteroatoms. The number of amides is 1. The highest BCUT2D eigenvalue weighted by Crippen LogP contribution is 2.37. The third kappa shape index (κ3) is 15.1. The number of cyclic esters (lactones) is 1. The number of piperidine rings is 1. The van der Waals surface area contributed by atoms with Gasteiger partial charge < -0.3 is 39.5 Å². The van der Waals surface area contributed by atoms with Gasteiger partial charge in [0, 0.05) is 57.1 Å². The first-order chi connectivity index (χ1) is 30.2. The first kappa shape index (κ1) is 53.3. The molecular weight excluding hydrogens is 819 g/mol. The summed E-state index contributed by atoms with van der Waals surface area (Å²) in [5, 5.41) is 44.4. The Bertz CT molecular complexity index is 1710. The Morgan fingerprint density at radius 2 is 1.55 bits per heavy atom. The molecule has 0 spiro atoms. The maximum absolute atomic E-state index is 14.2. The van der Waals surface area contributed by atoms with Crippen molar-refractivity contribution < 1.29 is 58.6 Å². The van der Waals surface area contributed by atoms with Gasteiger partial charge in [-0.1, -0.05) is 71.1 Å². The van der Waals surface area contributed by atoms with Gasteiger partial charge in [-0.15, -0.1) is 0 Å². The zero-order valence-corrected chi connectivity index (χ0v) is 39.8. The maximum atomic E-state index is 14.2. The van der Waals surface area contributed by atoms with E-state index in [1.54, 1.807) is 34.0 Å². The van der Waals surface area contributed by atoms with E-state index in [0.717, 1.165) is 18.4 Å². The number of aliphatic hydroxyl groups excluding tert-OH is 3. The predicted octanol–water partition coefficient (Wildman–Crippen LogP) is 6.68. The van der Waals surface area contributed by atoms with E-state index in [-0.39, 0.29) is 73.6 Å². The summed E-state index contributed by atoms with van der Waals surface area (Å²) in [6.45, 7) is 12.9. The van der Waals surface area contributed by atoms with Gasteiger partial charge in [0.05, 0.1) is 30.5 Å². The fourth-order valence-corrected chi connectivity index (χ4v) is 9.91. The average molecular weight is 898 g/mol. The molecule has 1 amide bonds. The van der Waals surface area contributed by atoms with Crippen molar-refractivity contribution in [2.75, 3.05) is 13.7 Å². The van der Waals surface area contributed by atoms with Crippen LogP contribution in [-0.2, 0) is 38.2 Å². The molecule has 3 fully saturated rings. The molecular formula is C51H79NO12. The number of fused-ring (bicyclic) bond motifs is 3. The molecule has 4 aliphatic rings. The minimum absolute atomic E-state index is 0.0568. The lowest BCUT2D eigenvalue weighted by Gasteiger charge is -2.42. The number of ketones is 3. The summed E-state index contributed by atoms with van der Waals surface area (Å²) >= 11 is 0. The number of carbonyl (C=O) groups is 5. The Balaban J connectivity index is 1.64. The predicted molar refractivity (Wildman–Crippen MR) is 243 cm³/mol. The Morgan fingerprint density at radius 1 is 0.844 bits per heavy atom. The molecule has 1 aliphatic carbocycles. The van der Waals surface area contributed by atoms with Crippen molar-refractivity contribution in [2.45, 2.75) is 193 Å². The number of esters is 1. The van der Waals surface area contributed by atoms with Crippen molar-refractivity contribution in [3.05, 3.63) is 47.6 Å². The molecule has 12 unspecified atom stereocenters. The van der Waals surface area contributed by atoms with Crippen molar-refractivity contribution in [2.24, 2.45) is 35.5 Å². The summed E-state index contributed by atoms with van der Waals surface area (Å²) in [5.74, 6) is -7.13. The minimum Gasteiger partial charge on any atom is -0.460 e. The molecule has 0 aromatic heterocycles. The van der Waals surface area contributed by atoms with Gasteiger partial charge in [0.15, 0.2) is 5.78 Å². The Morgan fingerprint density at radius 3 is 2.23 bits per heavy atom. The molecule has 3 aliphatic heterocycles. The van der Waals surface area contributed by atoms with Gasteiger partial charge >= 0.3 is 5.97 Å². The van der Waals surface area contributed by atoms with Crippen LogP contribution in [0.1, 0.15) is 145 Å². The van der Waals surface area contributed by atoms with Gasteiger partial charge in [-0.25, -0.2) is 4.79 Å². The van der Waals surface area contributed by atoms with E-state index in [0.29, 0.717) is 63.4 Å². The van der Waals surface area contributed by atoms with Crippen LogP contribution in [0.2, 0.25) is 0 Å². The first-order valence-corrected chi connectivity index (χ1v) is 24.0. The third-order valence-corrected chi connectivity index (χ3v) is 14.4. The Kier molecular flexibility index (Phi) is 20.8. The molecule has 3 heterocycles. The topological polar surface area (TPSA) is 197 Å². The van der Waals surface area contributed by atoms with Gasteiger partial charge in [-0.05, 0) is 113 Å². The monoisotopic (exact) mass is 898 g/mol. The summed E-state index contributed by atoms with van der Waals surface area (Å²) in [5.41, 5.74) is 1.22. The van der Waals surface area contributed by atoms with Crippen LogP contribution in [0.4, 0.5) is 0 Å². The second-order valence-electron chi connectivity index (χ2n) is 19.8. The summed E-state index contributed by atoms with van der Waals surface area (Å²) in [6.07, 6.45) is 13.3. The molecule has 0 radical (unpaired) electrons. The number of aliphatic hydroxyl groups is 4. The first-order valence-electron chi connectivity index (χ1n) is 24.0. The lowest BCUT2D eigenvalue weighted by molar-refractivity contribution is -0.265. The van der Waals surface area contributed by atoms with E-state index in [4.69, 9.17) is 14.2 Å². The van der Waals surface area contributed by atoms with Crippen molar-refractivity contribution in [3.8, 4) is 0 Å². The minimum atomic E-state index is -2.42. The van der Waals surface area contributed by atoms with Gasteiger partial charge in [-0.3, -0.25) is 19.2 Å². The number of nitrogens with zero attached hydrogens (tertiary/aromatic N) is 1. The van der Waals surface area contributed by atoms with Crippen LogP contribution in [0, 0.1) is 35.5 Å². The molecule has 0 aromatic carbocycles. The Labute approximate surface area is 381 Å². The SMILES string of the molecule is COC1CC2CCC(C)C(O)(O2)C(=O)C(=O)N2CCCCC2C(=O)OC(C(C)CC2CCC(O)CC2)CC(O)CC(=O)/C(C)=C/C(C)C(O)CC(=O)C(C)CC(C)C=CC=CC=C1C. The van der Waals surface area contributed by atoms with Crippen LogP contribution >= 0.6 is 0 Å². The van der Waals surface area contributed by atoms with E-state index >= 15 is 0 Å². The zero-order valence-electron chi connectivity index (χ0n) is 39.8. The van der Waals surface area contributed by atoms with Crippen LogP contribution in [0.15, 0.2) is 47.6 Å². The highest BCUT2D eigenvalue weighted by atomic mass is 16.6. The standard InChI is InChI=1S/C51H79NO12/c1-31-14-10-9-11-15-32(2)46(62-8)29-41-22-17-37(7)51(61,64-41)48(58)49(59)52-23-13-12-16-42(52)50(60)63-47(36(6)26-38-18-20-39(53)21-19-38)28-40(54)27-43(55)34(4)25-35(5)45(57)30-44(56)33(3)24-31/h9-11,14-15,25,31,33,35-42,45-47,53-54,57,61H,12-13,16-24,26-30H2,1-8H3/b11-9?,14-10?,32-15?,34-25+. The highest BCUT2D eigenvalue weighted by molar-refractivity contribution is 6.39. The lowest BCUT2D eigenvalue weighted by Crippen LogP contribution is -2.61. The van der Waals surface area contributed by atoms with Crippen LogP contribution in [0.5, 0.6) is 0 Å². The summed E-state index contributed by atoms with van der Waals surface area (Å²) in [4.78, 5) is 70.4. The molecule has 13 nitrogen and oxygen atoms in total. The number of hydrogen-bond acceptors (Lipinski definition) is 12. The highest BCUT2D eigenvalue weighted by Gasteiger charge is 2.53. The molecule has 2 bridgehead atoms. The van der Waals surface area contributed by atoms with E-state index in [2.05, 4.69) is 0 Å². The quantitative estimate of drug-likeness (QED) is 0.173. The van der Waals surface area contributed by atoms with Crippen molar-refractivity contribution in [1.82, 2.24) is 4.90 Å². The number of methoxy groups -OCH3 is 1. The summed E-state index contributed by atoms with van der Waals surface area (Å²) in [7, 11) is 1.58. The molecule has 12 atom stereocenters. The molecule has 4 rings (SSSR count). The fourth-order valence-electron chi connectivity index (χ4n) is 9.91. The Hall–Kier alpha value is -3.33. The number of Topliss-reactive ketones (excluding diaryl/α,β-unsaturated/α-hetero) is 3. The van der Waals surface area contributed by atoms with Crippen LogP contribution < -0.4 is 0 Å². The van der Waals surface area contributed by atoms with E-state index in [9.17, 15) is 44.4 Å². The number of hydrogen-bond donors (Lipinski definition) is 4. The normalized spacial score (nSPS) is 38.2. The third-order valence-electron chi connectivity index (χ3n) is 14.4. The molecule has 0 aromatic rings. The largest absolute Gasteiger partial charge is 0.460 e. The summed E-state index contributed by atoms with van der Waals surface area (Å²) < 4.78 is 18.2. The van der Waals surface area contributed by atoms with Gasteiger partial charge in [0.1, 0.15) is 17.9 Å². The zero-order chi connectivity index (χ0) is 47.3. The van der Waals surface area contributed by atoms with Crippen LogP contribution in [-0.4, -0.2) is 117 Å². The maximum Gasteiger partial charge on any atom is 0.329 e. The second kappa shape index (κ2) is 25.0. The van der Waals surface area contributed by atoms with Crippen molar-refractivity contribution >= 4 is 29.2 Å². The average Bonchev–Trinajstić information content (AvgIpc) is 3.25. The molecule has 64 heavy (non-hydrogen) atoms. The molecule has 4 N–H and O–H groups in total. The van der Waals surface area contributed by atoms with E-state index in [1.165, 1.54) is 4.90 Å². The number of rotatable bonds is 4. The van der Waals surface area contributed by atoms with E-state index in [1.807, 2.05) is 58.1 Å². The molecule has 360 valence electrons. The van der Waals surface area contributed by atoms with Crippen molar-refractivity contribution in [3.63, 3.8) is 0 Å². The number of ether oxygens (including phenoxy) is 3. The number of allylic oxidation sites excluding steroid dienone is 6. The smallest absolute Gasteiger partial charge is 0.329 e. The molecule has 1 saturated carbocycles. The van der Waals surface area contributed by atoms with E-state index < -0.39 is 71.8 Å². The van der Waals surface area contributed by atoms with Crippen LogP contribution in [0.3, 0.4) is 0 Å². The van der Waals surface area contributed by atoms with Gasteiger partial charge in [0.2, 0.25) is 5.79 Å². The van der Waals surface area contributed by atoms with Gasteiger partial charge in [-0.2, -0.15) is 0 Å². The van der Waals surface area contributed by atoms with Crippen molar-refractivity contribution in [1.29, 1.82) is 0 Å². The number of carbonyl (C=O) groups excluding carboxylic acids is 5.